The van der Waals surface area contributed by atoms with Crippen LogP contribution in [0.2, 0.25) is 0 Å². The Morgan fingerprint density at radius 3 is 2.77 bits per heavy atom. The van der Waals surface area contributed by atoms with E-state index in [2.05, 4.69) is 19.9 Å². The molecule has 2 N–H and O–H groups in total. The third-order valence-corrected chi connectivity index (χ3v) is 2.48. The minimum Gasteiger partial charge on any atom is -0.397 e. The highest BCUT2D eigenvalue weighted by molar-refractivity contribution is 5.50. The quantitative estimate of drug-likeness (QED) is 0.753. The molecule has 0 aromatic carbocycles. The van der Waals surface area contributed by atoms with Crippen LogP contribution >= 0.6 is 0 Å². The minimum atomic E-state index is 0.340. The van der Waals surface area contributed by atoms with Crippen molar-refractivity contribution >= 4 is 5.69 Å². The lowest BCUT2D eigenvalue weighted by atomic mass is 10.2. The van der Waals surface area contributed by atoms with E-state index >= 15 is 0 Å². The monoisotopic (exact) mass is 177 g/mol. The largest absolute Gasteiger partial charge is 0.397 e. The number of anilines is 1. The maximum atomic E-state index is 8.87. The average molecular weight is 177 g/mol. The zero-order valence-corrected chi connectivity index (χ0v) is 8.33. The molecule has 0 aliphatic carbocycles. The van der Waals surface area contributed by atoms with Crippen LogP contribution in [0, 0.1) is 18.3 Å². The van der Waals surface area contributed by atoms with Gasteiger partial charge in [0, 0.05) is 11.7 Å². The fourth-order valence-corrected chi connectivity index (χ4v) is 1.48. The number of nitrogens with zero attached hydrogens (tertiary/aromatic N) is 2. The molecule has 3 nitrogen and oxygen atoms in total. The van der Waals surface area contributed by atoms with E-state index in [9.17, 15) is 0 Å². The van der Waals surface area contributed by atoms with E-state index in [0.29, 0.717) is 17.4 Å². The summed E-state index contributed by atoms with van der Waals surface area (Å²) in [6, 6.07) is 4.23. The summed E-state index contributed by atoms with van der Waals surface area (Å²) in [7, 11) is 0. The Bertz CT molecular complexity index is 344. The average Bonchev–Trinajstić information content (AvgIpc) is 2.42. The molecule has 0 spiro atoms. The number of hydrogen-bond donors (Lipinski definition) is 1. The molecule has 0 radical (unpaired) electrons. The number of nitrogen functional groups attached to an aromatic ring is 1. The molecule has 1 unspecified atom stereocenters. The third kappa shape index (κ3) is 1.52. The second-order valence-electron chi connectivity index (χ2n) is 3.31. The molecule has 0 fully saturated rings. The Morgan fingerprint density at radius 1 is 1.69 bits per heavy atom. The predicted molar refractivity (Wildman–Crippen MR) is 53.3 cm³/mol. The van der Waals surface area contributed by atoms with Gasteiger partial charge in [0.1, 0.15) is 11.8 Å². The lowest BCUT2D eigenvalue weighted by Crippen LogP contribution is -2.08. The summed E-state index contributed by atoms with van der Waals surface area (Å²) in [5.41, 5.74) is 8.09. The lowest BCUT2D eigenvalue weighted by molar-refractivity contribution is 0.518. The van der Waals surface area contributed by atoms with Crippen LogP contribution in [0.4, 0.5) is 5.69 Å². The molecule has 0 amide bonds. The van der Waals surface area contributed by atoms with Gasteiger partial charge in [-0.1, -0.05) is 6.92 Å². The number of rotatable bonds is 2. The highest BCUT2D eigenvalue weighted by atomic mass is 15.0. The molecule has 0 bridgehead atoms. The summed E-state index contributed by atoms with van der Waals surface area (Å²) in [5, 5.41) is 8.87. The van der Waals surface area contributed by atoms with E-state index in [4.69, 9.17) is 11.0 Å². The smallest absolute Gasteiger partial charge is 0.122 e. The Balaban J connectivity index is 3.25. The van der Waals surface area contributed by atoms with Gasteiger partial charge >= 0.3 is 0 Å². The summed E-state index contributed by atoms with van der Waals surface area (Å²) in [6.45, 7) is 6.14. The molecule has 13 heavy (non-hydrogen) atoms. The molecule has 1 aromatic rings. The fourth-order valence-electron chi connectivity index (χ4n) is 1.48. The molecule has 0 aliphatic heterocycles. The number of nitrogens with two attached hydrogens (primary N) is 1. The Kier molecular flexibility index (Phi) is 2.62. The van der Waals surface area contributed by atoms with Crippen LogP contribution in [0.5, 0.6) is 0 Å². The van der Waals surface area contributed by atoms with Gasteiger partial charge in [0.05, 0.1) is 5.69 Å². The molecule has 1 heterocycles. The van der Waals surface area contributed by atoms with Gasteiger partial charge in [-0.25, -0.2) is 0 Å². The van der Waals surface area contributed by atoms with Crippen LogP contribution in [0.1, 0.15) is 37.7 Å². The van der Waals surface area contributed by atoms with Crippen molar-refractivity contribution in [2.75, 3.05) is 5.73 Å². The van der Waals surface area contributed by atoms with E-state index in [-0.39, 0.29) is 0 Å². The highest BCUT2D eigenvalue weighted by Gasteiger charge is 2.12. The molecule has 0 aliphatic rings. The van der Waals surface area contributed by atoms with Gasteiger partial charge in [0.25, 0.3) is 0 Å². The standard InChI is InChI=1S/C10H15N3/c1-4-7(2)13-8(3)10(12)5-9(13)6-11/h5,7H,4,12H2,1-3H3. The van der Waals surface area contributed by atoms with Gasteiger partial charge in [-0.3, -0.25) is 0 Å². The molecule has 70 valence electrons. The van der Waals surface area contributed by atoms with Crippen molar-refractivity contribution in [2.45, 2.75) is 33.2 Å². The molecule has 3 heteroatoms. The Hall–Kier alpha value is -1.43. The van der Waals surface area contributed by atoms with E-state index < -0.39 is 0 Å². The summed E-state index contributed by atoms with van der Waals surface area (Å²) < 4.78 is 2.00. The van der Waals surface area contributed by atoms with Crippen molar-refractivity contribution in [1.29, 1.82) is 5.26 Å². The first-order valence-electron chi connectivity index (χ1n) is 4.49. The van der Waals surface area contributed by atoms with Crippen molar-refractivity contribution in [3.8, 4) is 6.07 Å². The summed E-state index contributed by atoms with van der Waals surface area (Å²) >= 11 is 0. The summed E-state index contributed by atoms with van der Waals surface area (Å²) in [5.74, 6) is 0. The van der Waals surface area contributed by atoms with Crippen molar-refractivity contribution in [2.24, 2.45) is 0 Å². The van der Waals surface area contributed by atoms with Gasteiger partial charge in [-0.2, -0.15) is 5.26 Å². The zero-order valence-electron chi connectivity index (χ0n) is 8.33. The third-order valence-electron chi connectivity index (χ3n) is 2.48. The first kappa shape index (κ1) is 9.66. The first-order chi connectivity index (χ1) is 6.11. The van der Waals surface area contributed by atoms with Crippen LogP contribution in [0.25, 0.3) is 0 Å². The van der Waals surface area contributed by atoms with Crippen LogP contribution < -0.4 is 5.73 Å². The lowest BCUT2D eigenvalue weighted by Gasteiger charge is -2.14. The van der Waals surface area contributed by atoms with Gasteiger partial charge in [0.2, 0.25) is 0 Å². The van der Waals surface area contributed by atoms with Crippen LogP contribution in [-0.2, 0) is 0 Å². The van der Waals surface area contributed by atoms with Gasteiger partial charge < -0.3 is 10.3 Å². The SMILES string of the molecule is CCC(C)n1c(C#N)cc(N)c1C. The van der Waals surface area contributed by atoms with E-state index in [0.717, 1.165) is 12.1 Å². The highest BCUT2D eigenvalue weighted by Crippen LogP contribution is 2.23. The first-order valence-corrected chi connectivity index (χ1v) is 4.49. The topological polar surface area (TPSA) is 54.7 Å². The number of hydrogen-bond acceptors (Lipinski definition) is 2. The van der Waals surface area contributed by atoms with Gasteiger partial charge in [0.15, 0.2) is 0 Å². The van der Waals surface area contributed by atoms with E-state index in [1.165, 1.54) is 0 Å². The van der Waals surface area contributed by atoms with Crippen molar-refractivity contribution in [3.05, 3.63) is 17.5 Å². The molecular weight excluding hydrogens is 162 g/mol. The van der Waals surface area contributed by atoms with Crippen molar-refractivity contribution < 1.29 is 0 Å². The van der Waals surface area contributed by atoms with E-state index in [1.807, 2.05) is 11.5 Å². The molecular formula is C10H15N3. The molecule has 0 saturated heterocycles. The maximum absolute atomic E-state index is 8.87. The van der Waals surface area contributed by atoms with Crippen molar-refractivity contribution in [3.63, 3.8) is 0 Å². The van der Waals surface area contributed by atoms with Gasteiger partial charge in [-0.15, -0.1) is 0 Å². The Labute approximate surface area is 78.8 Å². The summed E-state index contributed by atoms with van der Waals surface area (Å²) in [6.07, 6.45) is 1.00. The minimum absolute atomic E-state index is 0.340. The molecule has 0 saturated carbocycles. The van der Waals surface area contributed by atoms with Crippen molar-refractivity contribution in [1.82, 2.24) is 4.57 Å². The predicted octanol–water partition coefficient (Wildman–Crippen LogP) is 2.22. The number of nitriles is 1. The zero-order chi connectivity index (χ0) is 10.0. The molecule has 1 rings (SSSR count). The fraction of sp³-hybridized carbons (Fsp3) is 0.500. The number of aromatic nitrogens is 1. The summed E-state index contributed by atoms with van der Waals surface area (Å²) in [4.78, 5) is 0. The van der Waals surface area contributed by atoms with E-state index in [1.54, 1.807) is 6.07 Å². The van der Waals surface area contributed by atoms with Crippen LogP contribution in [-0.4, -0.2) is 4.57 Å². The Morgan fingerprint density at radius 2 is 2.31 bits per heavy atom. The maximum Gasteiger partial charge on any atom is 0.122 e. The second-order valence-corrected chi connectivity index (χ2v) is 3.31. The van der Waals surface area contributed by atoms with Gasteiger partial charge in [-0.05, 0) is 26.3 Å². The molecule has 1 aromatic heterocycles. The second kappa shape index (κ2) is 3.53. The normalized spacial score (nSPS) is 12.5. The van der Waals surface area contributed by atoms with Crippen LogP contribution in [0.3, 0.4) is 0 Å². The molecule has 1 atom stereocenters. The van der Waals surface area contributed by atoms with Crippen LogP contribution in [0.15, 0.2) is 6.07 Å².